The molecule has 3 N–H and O–H groups in total. The molecular formula is C23H16ClFN4O4. The maximum atomic E-state index is 13.6. The van der Waals surface area contributed by atoms with E-state index in [4.69, 9.17) is 11.6 Å². The third-order valence-corrected chi connectivity index (χ3v) is 6.20. The van der Waals surface area contributed by atoms with Crippen LogP contribution in [-0.4, -0.2) is 34.3 Å². The fraction of sp³-hybridized carbons (Fsp3) is 0.130. The molecule has 3 aromatic rings. The van der Waals surface area contributed by atoms with Crippen LogP contribution in [0.4, 0.5) is 9.18 Å². The topological polar surface area (TPSA) is 111 Å². The zero-order valence-corrected chi connectivity index (χ0v) is 17.7. The van der Waals surface area contributed by atoms with Crippen molar-refractivity contribution in [1.29, 1.82) is 0 Å². The molecule has 1 aromatic heterocycles. The second-order valence-corrected chi connectivity index (χ2v) is 8.32. The van der Waals surface area contributed by atoms with Gasteiger partial charge in [0, 0.05) is 29.9 Å². The number of imide groups is 1. The van der Waals surface area contributed by atoms with E-state index in [2.05, 4.69) is 15.6 Å². The summed E-state index contributed by atoms with van der Waals surface area (Å²) in [6.07, 6.45) is 1.39. The van der Waals surface area contributed by atoms with E-state index in [9.17, 15) is 23.6 Å². The average molecular weight is 467 g/mol. The standard InChI is InChI=1S/C23H16ClFN4O4/c24-18-9-26-19(30)8-16(18)12-1-4-14(5-2-12)23(21(32)27-22(33)28-23)11-29-10-13-3-6-15(25)7-17(13)20(29)31/h1-9H,10-11H2,(H,26,30)(H2,27,28,32,33). The molecule has 2 aromatic carbocycles. The number of rotatable bonds is 4. The third-order valence-electron chi connectivity index (χ3n) is 5.88. The number of urea groups is 1. The van der Waals surface area contributed by atoms with Crippen LogP contribution in [0.25, 0.3) is 11.1 Å². The Hall–Kier alpha value is -3.98. The molecule has 1 atom stereocenters. The number of hydrogen-bond acceptors (Lipinski definition) is 4. The van der Waals surface area contributed by atoms with Gasteiger partial charge in [-0.2, -0.15) is 0 Å². The van der Waals surface area contributed by atoms with Gasteiger partial charge in [0.1, 0.15) is 5.82 Å². The van der Waals surface area contributed by atoms with E-state index in [0.29, 0.717) is 27.3 Å². The molecule has 2 aliphatic heterocycles. The fourth-order valence-electron chi connectivity index (χ4n) is 4.25. The number of aromatic nitrogens is 1. The number of pyridine rings is 1. The molecule has 5 rings (SSSR count). The Bertz CT molecular complexity index is 1390. The summed E-state index contributed by atoms with van der Waals surface area (Å²) in [6, 6.07) is 11.2. The van der Waals surface area contributed by atoms with Crippen molar-refractivity contribution in [3.8, 4) is 11.1 Å². The van der Waals surface area contributed by atoms with Crippen LogP contribution in [0.1, 0.15) is 21.5 Å². The van der Waals surface area contributed by atoms with Gasteiger partial charge >= 0.3 is 6.03 Å². The molecule has 1 fully saturated rings. The van der Waals surface area contributed by atoms with Gasteiger partial charge in [-0.05, 0) is 28.8 Å². The van der Waals surface area contributed by atoms with Crippen LogP contribution in [0.5, 0.6) is 0 Å². The van der Waals surface area contributed by atoms with Crippen molar-refractivity contribution in [3.05, 3.63) is 92.6 Å². The number of nitrogens with one attached hydrogen (secondary N) is 3. The summed E-state index contributed by atoms with van der Waals surface area (Å²) in [4.78, 5) is 53.5. The minimum absolute atomic E-state index is 0.148. The number of H-pyrrole nitrogens is 1. The van der Waals surface area contributed by atoms with E-state index < -0.39 is 29.2 Å². The van der Waals surface area contributed by atoms with Crippen molar-refractivity contribution in [3.63, 3.8) is 0 Å². The van der Waals surface area contributed by atoms with Gasteiger partial charge < -0.3 is 15.2 Å². The van der Waals surface area contributed by atoms with Crippen LogP contribution in [0.15, 0.2) is 59.5 Å². The highest BCUT2D eigenvalue weighted by atomic mass is 35.5. The minimum Gasteiger partial charge on any atom is -0.331 e. The zero-order chi connectivity index (χ0) is 23.3. The first-order valence-corrected chi connectivity index (χ1v) is 10.3. The Morgan fingerprint density at radius 1 is 1.00 bits per heavy atom. The van der Waals surface area contributed by atoms with Crippen LogP contribution in [0.3, 0.4) is 0 Å². The Morgan fingerprint density at radius 3 is 2.45 bits per heavy atom. The first kappa shape index (κ1) is 20.9. The fourth-order valence-corrected chi connectivity index (χ4v) is 4.47. The Morgan fingerprint density at radius 2 is 1.76 bits per heavy atom. The second kappa shape index (κ2) is 7.56. The van der Waals surface area contributed by atoms with Crippen LogP contribution >= 0.6 is 11.6 Å². The Labute approximate surface area is 191 Å². The van der Waals surface area contributed by atoms with E-state index in [-0.39, 0.29) is 24.2 Å². The van der Waals surface area contributed by atoms with Gasteiger partial charge in [-0.3, -0.25) is 19.7 Å². The summed E-state index contributed by atoms with van der Waals surface area (Å²) in [5.74, 6) is -1.56. The van der Waals surface area contributed by atoms with Crippen molar-refractivity contribution < 1.29 is 18.8 Å². The van der Waals surface area contributed by atoms with Gasteiger partial charge in [0.05, 0.1) is 11.6 Å². The van der Waals surface area contributed by atoms with E-state index >= 15 is 0 Å². The number of carbonyl (C=O) groups excluding carboxylic acids is 3. The lowest BCUT2D eigenvalue weighted by Crippen LogP contribution is -2.52. The monoisotopic (exact) mass is 466 g/mol. The lowest BCUT2D eigenvalue weighted by molar-refractivity contribution is -0.124. The molecule has 4 amide bonds. The highest BCUT2D eigenvalue weighted by molar-refractivity contribution is 6.33. The second-order valence-electron chi connectivity index (χ2n) is 7.91. The SMILES string of the molecule is O=C1NC(=O)C(CN2Cc3ccc(F)cc3C2=O)(c2ccc(-c3cc(=O)[nH]cc3Cl)cc2)N1. The Balaban J connectivity index is 1.51. The quantitative estimate of drug-likeness (QED) is 0.513. The van der Waals surface area contributed by atoms with Gasteiger partial charge in [-0.1, -0.05) is 41.9 Å². The summed E-state index contributed by atoms with van der Waals surface area (Å²) < 4.78 is 13.6. The number of amides is 4. The first-order chi connectivity index (χ1) is 15.8. The highest BCUT2D eigenvalue weighted by Crippen LogP contribution is 2.33. The molecule has 0 radical (unpaired) electrons. The number of aromatic amines is 1. The maximum Gasteiger partial charge on any atom is 0.322 e. The van der Waals surface area contributed by atoms with Gasteiger partial charge in [-0.15, -0.1) is 0 Å². The van der Waals surface area contributed by atoms with Crippen LogP contribution in [0, 0.1) is 5.82 Å². The number of carbonyl (C=O) groups is 3. The van der Waals surface area contributed by atoms with E-state index in [1.54, 1.807) is 24.3 Å². The zero-order valence-electron chi connectivity index (χ0n) is 16.9. The number of fused-ring (bicyclic) bond motifs is 1. The third kappa shape index (κ3) is 3.46. The van der Waals surface area contributed by atoms with Crippen molar-refractivity contribution >= 4 is 29.4 Å². The molecule has 8 nitrogen and oxygen atoms in total. The summed E-state index contributed by atoms with van der Waals surface area (Å²) in [5.41, 5.74) is 0.591. The van der Waals surface area contributed by atoms with Crippen molar-refractivity contribution in [2.24, 2.45) is 0 Å². The van der Waals surface area contributed by atoms with Gasteiger partial charge in [0.15, 0.2) is 5.54 Å². The molecule has 2 aliphatic rings. The van der Waals surface area contributed by atoms with E-state index in [0.717, 1.165) is 6.07 Å². The van der Waals surface area contributed by atoms with E-state index in [1.807, 2.05) is 0 Å². The molecule has 0 saturated carbocycles. The normalized spacial score (nSPS) is 19.5. The molecule has 166 valence electrons. The van der Waals surface area contributed by atoms with Crippen LogP contribution in [-0.2, 0) is 16.9 Å². The lowest BCUT2D eigenvalue weighted by Gasteiger charge is -2.31. The van der Waals surface area contributed by atoms with E-state index in [1.165, 1.54) is 29.3 Å². The summed E-state index contributed by atoms with van der Waals surface area (Å²) >= 11 is 6.19. The molecule has 1 unspecified atom stereocenters. The molecule has 0 bridgehead atoms. The molecule has 10 heteroatoms. The summed E-state index contributed by atoms with van der Waals surface area (Å²) in [7, 11) is 0. The Kier molecular flexibility index (Phi) is 4.79. The molecule has 0 aliphatic carbocycles. The number of halogens is 2. The summed E-state index contributed by atoms with van der Waals surface area (Å²) in [5, 5.41) is 5.23. The predicted octanol–water partition coefficient (Wildman–Crippen LogP) is 2.53. The van der Waals surface area contributed by atoms with Gasteiger partial charge in [-0.25, -0.2) is 9.18 Å². The molecule has 1 saturated heterocycles. The molecule has 33 heavy (non-hydrogen) atoms. The maximum absolute atomic E-state index is 13.6. The van der Waals surface area contributed by atoms with Crippen molar-refractivity contribution in [2.45, 2.75) is 12.1 Å². The van der Waals surface area contributed by atoms with Crippen molar-refractivity contribution in [2.75, 3.05) is 6.54 Å². The number of benzene rings is 2. The minimum atomic E-state index is -1.54. The van der Waals surface area contributed by atoms with Crippen LogP contribution < -0.4 is 16.2 Å². The number of nitrogens with zero attached hydrogens (tertiary/aromatic N) is 1. The van der Waals surface area contributed by atoms with Crippen molar-refractivity contribution in [1.82, 2.24) is 20.5 Å². The van der Waals surface area contributed by atoms with Crippen LogP contribution in [0.2, 0.25) is 5.02 Å². The van der Waals surface area contributed by atoms with Gasteiger partial charge in [0.2, 0.25) is 5.56 Å². The van der Waals surface area contributed by atoms with Gasteiger partial charge in [0.25, 0.3) is 11.8 Å². The summed E-state index contributed by atoms with van der Waals surface area (Å²) in [6.45, 7) is 0.0324. The molecule has 3 heterocycles. The molecule has 0 spiro atoms. The smallest absolute Gasteiger partial charge is 0.322 e. The highest BCUT2D eigenvalue weighted by Gasteiger charge is 2.50. The number of hydrogen-bond donors (Lipinski definition) is 3. The predicted molar refractivity (Wildman–Crippen MR) is 117 cm³/mol. The largest absolute Gasteiger partial charge is 0.331 e. The first-order valence-electron chi connectivity index (χ1n) is 9.97. The molecular weight excluding hydrogens is 451 g/mol. The lowest BCUT2D eigenvalue weighted by atomic mass is 9.88. The average Bonchev–Trinajstić information content (AvgIpc) is 3.25.